The molecule has 2 N–H and O–H groups in total. The summed E-state index contributed by atoms with van der Waals surface area (Å²) in [6.45, 7) is 2.74. The summed E-state index contributed by atoms with van der Waals surface area (Å²) in [6, 6.07) is 1.76. The number of β-amino-alcohol motifs (C(OH)–C–C–N with tert-alkyl or cyclic N) is 1. The highest BCUT2D eigenvalue weighted by Crippen LogP contribution is 2.24. The van der Waals surface area contributed by atoms with Gasteiger partial charge in [0.15, 0.2) is 0 Å². The van der Waals surface area contributed by atoms with E-state index in [1.165, 1.54) is 0 Å². The molecule has 1 unspecified atom stereocenters. The third kappa shape index (κ3) is 2.70. The van der Waals surface area contributed by atoms with Gasteiger partial charge in [0.2, 0.25) is 11.8 Å². The summed E-state index contributed by atoms with van der Waals surface area (Å²) in [5, 5.41) is 19.4. The molecule has 1 aliphatic rings. The first-order valence-corrected chi connectivity index (χ1v) is 6.04. The molecule has 0 saturated carbocycles. The summed E-state index contributed by atoms with van der Waals surface area (Å²) in [4.78, 5) is 10.5. The molecule has 6 heteroatoms. The lowest BCUT2D eigenvalue weighted by atomic mass is 9.94. The quantitative estimate of drug-likeness (QED) is 0.796. The van der Waals surface area contributed by atoms with Crippen molar-refractivity contribution in [3.8, 4) is 5.88 Å². The van der Waals surface area contributed by atoms with Crippen LogP contribution in [0.1, 0.15) is 18.5 Å². The van der Waals surface area contributed by atoms with E-state index in [9.17, 15) is 10.2 Å². The summed E-state index contributed by atoms with van der Waals surface area (Å²) in [5.41, 5.74) is -0.242. The lowest BCUT2D eigenvalue weighted by Crippen LogP contribution is -2.51. The number of methoxy groups -OCH3 is 1. The van der Waals surface area contributed by atoms with Crippen LogP contribution in [0.3, 0.4) is 0 Å². The number of hydrogen-bond acceptors (Lipinski definition) is 6. The highest BCUT2D eigenvalue weighted by Gasteiger charge is 2.33. The largest absolute Gasteiger partial charge is 0.481 e. The van der Waals surface area contributed by atoms with Gasteiger partial charge < -0.3 is 19.8 Å². The average Bonchev–Trinajstić information content (AvgIpc) is 2.38. The van der Waals surface area contributed by atoms with Gasteiger partial charge in [0, 0.05) is 18.3 Å². The van der Waals surface area contributed by atoms with Crippen LogP contribution >= 0.6 is 0 Å². The van der Waals surface area contributed by atoms with Crippen LogP contribution in [0.25, 0.3) is 0 Å². The topological polar surface area (TPSA) is 78.7 Å². The number of aromatic nitrogens is 2. The number of rotatable bonds is 3. The molecular weight excluding hydrogens is 234 g/mol. The number of hydrogen-bond donors (Lipinski definition) is 2. The number of aliphatic hydroxyl groups excluding tert-OH is 1. The molecule has 0 aliphatic carbocycles. The van der Waals surface area contributed by atoms with E-state index in [2.05, 4.69) is 9.97 Å². The predicted octanol–water partition coefficient (Wildman–Crippen LogP) is 0.117. The zero-order valence-electron chi connectivity index (χ0n) is 10.8. The van der Waals surface area contributed by atoms with E-state index in [-0.39, 0.29) is 6.61 Å². The van der Waals surface area contributed by atoms with E-state index >= 15 is 0 Å². The fraction of sp³-hybridized carbons (Fsp3) is 0.667. The Bertz CT molecular complexity index is 427. The Labute approximate surface area is 106 Å². The van der Waals surface area contributed by atoms with Crippen LogP contribution in [-0.4, -0.2) is 52.6 Å². The molecule has 6 nitrogen and oxygen atoms in total. The lowest BCUT2D eigenvalue weighted by Gasteiger charge is -2.38. The van der Waals surface area contributed by atoms with Gasteiger partial charge in [-0.2, -0.15) is 4.98 Å². The Hall–Kier alpha value is -1.40. The third-order valence-electron chi connectivity index (χ3n) is 3.16. The SMILES string of the molecule is COc1cc(C)nc(N2CCCC(O)(CO)C2)n1. The fourth-order valence-electron chi connectivity index (χ4n) is 2.18. The molecule has 18 heavy (non-hydrogen) atoms. The van der Waals surface area contributed by atoms with Crippen molar-refractivity contribution in [2.24, 2.45) is 0 Å². The van der Waals surface area contributed by atoms with Crippen LogP contribution in [0.15, 0.2) is 6.07 Å². The minimum Gasteiger partial charge on any atom is -0.481 e. The molecule has 1 aromatic heterocycles. The van der Waals surface area contributed by atoms with Gasteiger partial charge in [0.25, 0.3) is 0 Å². The second kappa shape index (κ2) is 5.07. The van der Waals surface area contributed by atoms with Gasteiger partial charge in [-0.3, -0.25) is 0 Å². The highest BCUT2D eigenvalue weighted by molar-refractivity contribution is 5.35. The maximum atomic E-state index is 10.1. The normalized spacial score (nSPS) is 24.1. The molecule has 2 heterocycles. The van der Waals surface area contributed by atoms with Gasteiger partial charge in [0.05, 0.1) is 20.3 Å². The Kier molecular flexibility index (Phi) is 3.68. The number of ether oxygens (including phenoxy) is 1. The van der Waals surface area contributed by atoms with E-state index in [1.807, 2.05) is 11.8 Å². The van der Waals surface area contributed by atoms with Crippen LogP contribution in [-0.2, 0) is 0 Å². The predicted molar refractivity (Wildman–Crippen MR) is 66.8 cm³/mol. The van der Waals surface area contributed by atoms with E-state index < -0.39 is 5.60 Å². The van der Waals surface area contributed by atoms with Crippen LogP contribution in [0, 0.1) is 6.92 Å². The second-order valence-corrected chi connectivity index (χ2v) is 4.76. The van der Waals surface area contributed by atoms with Gasteiger partial charge in [-0.05, 0) is 19.8 Å². The van der Waals surface area contributed by atoms with E-state index in [0.29, 0.717) is 24.8 Å². The molecule has 1 atom stereocenters. The molecule has 0 bridgehead atoms. The molecule has 0 amide bonds. The number of nitrogens with zero attached hydrogens (tertiary/aromatic N) is 3. The zero-order valence-corrected chi connectivity index (χ0v) is 10.8. The van der Waals surface area contributed by atoms with Crippen LogP contribution in [0.2, 0.25) is 0 Å². The van der Waals surface area contributed by atoms with Crippen molar-refractivity contribution < 1.29 is 14.9 Å². The Morgan fingerprint density at radius 1 is 1.50 bits per heavy atom. The second-order valence-electron chi connectivity index (χ2n) is 4.76. The molecule has 1 saturated heterocycles. The van der Waals surface area contributed by atoms with Gasteiger partial charge in [0.1, 0.15) is 5.60 Å². The first-order valence-electron chi connectivity index (χ1n) is 6.04. The average molecular weight is 253 g/mol. The van der Waals surface area contributed by atoms with Crippen LogP contribution < -0.4 is 9.64 Å². The minimum absolute atomic E-state index is 0.244. The number of piperidine rings is 1. The molecule has 0 aromatic carbocycles. The standard InChI is InChI=1S/C12H19N3O3/c1-9-6-10(18-2)14-11(13-9)15-5-3-4-12(17,7-15)8-16/h6,16-17H,3-5,7-8H2,1-2H3. The molecule has 1 aromatic rings. The Balaban J connectivity index is 2.23. The smallest absolute Gasteiger partial charge is 0.228 e. The summed E-state index contributed by atoms with van der Waals surface area (Å²) >= 11 is 0. The summed E-state index contributed by atoms with van der Waals surface area (Å²) in [5.74, 6) is 1.05. The zero-order chi connectivity index (χ0) is 13.2. The van der Waals surface area contributed by atoms with Gasteiger partial charge in [-0.25, -0.2) is 4.98 Å². The molecule has 2 rings (SSSR count). The van der Waals surface area contributed by atoms with Crippen molar-refractivity contribution in [3.63, 3.8) is 0 Å². The summed E-state index contributed by atoms with van der Waals surface area (Å²) < 4.78 is 5.12. The van der Waals surface area contributed by atoms with Gasteiger partial charge >= 0.3 is 0 Å². The highest BCUT2D eigenvalue weighted by atomic mass is 16.5. The van der Waals surface area contributed by atoms with Crippen LogP contribution in [0.4, 0.5) is 5.95 Å². The molecular formula is C12H19N3O3. The van der Waals surface area contributed by atoms with E-state index in [0.717, 1.165) is 18.7 Å². The fourth-order valence-corrected chi connectivity index (χ4v) is 2.18. The van der Waals surface area contributed by atoms with Gasteiger partial charge in [-0.1, -0.05) is 0 Å². The van der Waals surface area contributed by atoms with Crippen molar-refractivity contribution in [1.29, 1.82) is 0 Å². The monoisotopic (exact) mass is 253 g/mol. The van der Waals surface area contributed by atoms with Crippen molar-refractivity contribution in [2.45, 2.75) is 25.4 Å². The summed E-state index contributed by atoms with van der Waals surface area (Å²) in [7, 11) is 1.56. The minimum atomic E-state index is -1.06. The number of aryl methyl sites for hydroxylation is 1. The lowest BCUT2D eigenvalue weighted by molar-refractivity contribution is -0.0244. The maximum absolute atomic E-state index is 10.1. The molecule has 1 aliphatic heterocycles. The van der Waals surface area contributed by atoms with Crippen molar-refractivity contribution >= 4 is 5.95 Å². The van der Waals surface area contributed by atoms with Crippen LogP contribution in [0.5, 0.6) is 5.88 Å². The first kappa shape index (κ1) is 13.0. The first-order chi connectivity index (χ1) is 8.56. The summed E-state index contributed by atoms with van der Waals surface area (Å²) in [6.07, 6.45) is 1.40. The number of aliphatic hydroxyl groups is 2. The molecule has 100 valence electrons. The van der Waals surface area contributed by atoms with Crippen molar-refractivity contribution in [2.75, 3.05) is 31.7 Å². The Morgan fingerprint density at radius 2 is 2.28 bits per heavy atom. The van der Waals surface area contributed by atoms with E-state index in [4.69, 9.17) is 4.74 Å². The maximum Gasteiger partial charge on any atom is 0.228 e. The number of anilines is 1. The van der Waals surface area contributed by atoms with Crippen molar-refractivity contribution in [1.82, 2.24) is 9.97 Å². The van der Waals surface area contributed by atoms with E-state index in [1.54, 1.807) is 13.2 Å². The third-order valence-corrected chi connectivity index (χ3v) is 3.16. The van der Waals surface area contributed by atoms with Gasteiger partial charge in [-0.15, -0.1) is 0 Å². The van der Waals surface area contributed by atoms with Crippen molar-refractivity contribution in [3.05, 3.63) is 11.8 Å². The molecule has 1 fully saturated rings. The Morgan fingerprint density at radius 3 is 2.94 bits per heavy atom. The molecule has 0 spiro atoms. The molecule has 0 radical (unpaired) electrons.